The molecule has 1 amide bonds. The second-order valence-electron chi connectivity index (χ2n) is 5.40. The molecule has 114 valence electrons. The first-order valence-corrected chi connectivity index (χ1v) is 7.25. The molecular weight excluding hydrogens is 270 g/mol. The quantitative estimate of drug-likeness (QED) is 0.871. The van der Waals surface area contributed by atoms with E-state index in [2.05, 4.69) is 0 Å². The van der Waals surface area contributed by atoms with Gasteiger partial charge in [-0.2, -0.15) is 0 Å². The van der Waals surface area contributed by atoms with Gasteiger partial charge < -0.3 is 14.7 Å². The zero-order valence-corrected chi connectivity index (χ0v) is 12.2. The van der Waals surface area contributed by atoms with E-state index in [0.29, 0.717) is 26.0 Å². The van der Waals surface area contributed by atoms with Crippen molar-refractivity contribution >= 4 is 11.9 Å². The normalized spacial score (nSPS) is 21.0. The molecule has 0 unspecified atom stereocenters. The number of likely N-dealkylation sites (N-methyl/N-ethyl adjacent to an activating group) is 1. The zero-order valence-electron chi connectivity index (χ0n) is 12.2. The maximum absolute atomic E-state index is 12.3. The Morgan fingerprint density at radius 1 is 1.24 bits per heavy atom. The number of rotatable bonds is 6. The molecule has 0 spiro atoms. The summed E-state index contributed by atoms with van der Waals surface area (Å²) < 4.78 is 5.55. The first-order valence-electron chi connectivity index (χ1n) is 7.25. The minimum absolute atomic E-state index is 0.0865. The number of nitrogens with zero attached hydrogens (tertiary/aromatic N) is 1. The van der Waals surface area contributed by atoms with Crippen molar-refractivity contribution in [3.05, 3.63) is 30.3 Å². The van der Waals surface area contributed by atoms with Crippen molar-refractivity contribution in [2.75, 3.05) is 20.2 Å². The first kappa shape index (κ1) is 15.4. The number of hydrogen-bond donors (Lipinski definition) is 1. The molecule has 2 atom stereocenters. The van der Waals surface area contributed by atoms with Gasteiger partial charge in [-0.15, -0.1) is 0 Å². The molecule has 1 saturated carbocycles. The number of ether oxygens (including phenoxy) is 1. The number of aliphatic carboxylic acids is 1. The van der Waals surface area contributed by atoms with E-state index >= 15 is 0 Å². The number of carboxylic acids is 1. The molecule has 1 N–H and O–H groups in total. The van der Waals surface area contributed by atoms with E-state index in [4.69, 9.17) is 9.84 Å². The van der Waals surface area contributed by atoms with Gasteiger partial charge in [0.05, 0.1) is 18.4 Å². The number of hydrogen-bond acceptors (Lipinski definition) is 3. The molecule has 0 radical (unpaired) electrons. The highest BCUT2D eigenvalue weighted by atomic mass is 16.5. The summed E-state index contributed by atoms with van der Waals surface area (Å²) >= 11 is 0. The summed E-state index contributed by atoms with van der Waals surface area (Å²) in [5, 5.41) is 9.14. The lowest BCUT2D eigenvalue weighted by atomic mass is 9.95. The number of carbonyl (C=O) groups is 2. The van der Waals surface area contributed by atoms with Gasteiger partial charge in [0.25, 0.3) is 0 Å². The van der Waals surface area contributed by atoms with Crippen LogP contribution in [0, 0.1) is 11.8 Å². The zero-order chi connectivity index (χ0) is 15.2. The molecule has 0 aliphatic heterocycles. The van der Waals surface area contributed by atoms with Gasteiger partial charge in [-0.25, -0.2) is 0 Å². The second-order valence-corrected chi connectivity index (χ2v) is 5.40. The third kappa shape index (κ3) is 3.97. The van der Waals surface area contributed by atoms with Crippen LogP contribution in [0.4, 0.5) is 0 Å². The fraction of sp³-hybridized carbons (Fsp3) is 0.500. The molecule has 0 aromatic heterocycles. The number of amides is 1. The summed E-state index contributed by atoms with van der Waals surface area (Å²) in [5.74, 6) is -1.10. The number of carbonyl (C=O) groups excluding carboxylic acids is 1. The third-order valence-electron chi connectivity index (χ3n) is 3.97. The van der Waals surface area contributed by atoms with E-state index in [9.17, 15) is 9.59 Å². The Hall–Kier alpha value is -2.04. The van der Waals surface area contributed by atoms with Crippen LogP contribution >= 0.6 is 0 Å². The summed E-state index contributed by atoms with van der Waals surface area (Å²) in [7, 11) is 1.70. The Balaban J connectivity index is 1.81. The molecule has 0 bridgehead atoms. The van der Waals surface area contributed by atoms with Crippen LogP contribution in [0.2, 0.25) is 0 Å². The van der Waals surface area contributed by atoms with Gasteiger partial charge in [-0.1, -0.05) is 24.6 Å². The lowest BCUT2D eigenvalue weighted by Gasteiger charge is -2.23. The summed E-state index contributed by atoms with van der Waals surface area (Å²) in [5.41, 5.74) is 0. The third-order valence-corrected chi connectivity index (χ3v) is 3.97. The van der Waals surface area contributed by atoms with Crippen molar-refractivity contribution in [3.63, 3.8) is 0 Å². The fourth-order valence-electron chi connectivity index (χ4n) is 2.76. The van der Waals surface area contributed by atoms with Crippen molar-refractivity contribution in [1.82, 2.24) is 4.90 Å². The highest BCUT2D eigenvalue weighted by molar-refractivity contribution is 5.85. The molecule has 1 fully saturated rings. The number of para-hydroxylation sites is 1. The molecule has 1 aromatic rings. The summed E-state index contributed by atoms with van der Waals surface area (Å²) in [6, 6.07) is 9.41. The Labute approximate surface area is 124 Å². The van der Waals surface area contributed by atoms with Crippen LogP contribution in [-0.4, -0.2) is 42.1 Å². The summed E-state index contributed by atoms with van der Waals surface area (Å²) in [6.45, 7) is 0.854. The van der Waals surface area contributed by atoms with Crippen LogP contribution in [0.25, 0.3) is 0 Å². The van der Waals surface area contributed by atoms with Crippen LogP contribution < -0.4 is 4.74 Å². The lowest BCUT2D eigenvalue weighted by molar-refractivity contribution is -0.148. The molecule has 0 heterocycles. The van der Waals surface area contributed by atoms with Crippen LogP contribution in [0.5, 0.6) is 5.75 Å². The monoisotopic (exact) mass is 291 g/mol. The molecule has 5 nitrogen and oxygen atoms in total. The molecule has 0 saturated heterocycles. The van der Waals surface area contributed by atoms with E-state index in [-0.39, 0.29) is 11.8 Å². The maximum atomic E-state index is 12.3. The molecule has 1 aliphatic rings. The van der Waals surface area contributed by atoms with E-state index in [1.165, 1.54) is 0 Å². The summed E-state index contributed by atoms with van der Waals surface area (Å²) in [4.78, 5) is 25.0. The lowest BCUT2D eigenvalue weighted by Crippen LogP contribution is -2.38. The van der Waals surface area contributed by atoms with Crippen molar-refractivity contribution in [1.29, 1.82) is 0 Å². The molecule has 2 rings (SSSR count). The Kier molecular flexibility index (Phi) is 5.20. The second kappa shape index (κ2) is 7.11. The predicted octanol–water partition coefficient (Wildman–Crippen LogP) is 2.02. The van der Waals surface area contributed by atoms with Gasteiger partial charge in [0.2, 0.25) is 5.91 Å². The standard InChI is InChI=1S/C16H21NO4/c1-17(10-11-21-12-6-3-2-4-7-12)15(18)13-8-5-9-14(13)16(19)20/h2-4,6-7,13-14H,5,8-11H2,1H3,(H,19,20)/t13-,14+/m1/s1. The molecule has 1 aliphatic carbocycles. The molecule has 21 heavy (non-hydrogen) atoms. The maximum Gasteiger partial charge on any atom is 0.307 e. The minimum atomic E-state index is -0.861. The topological polar surface area (TPSA) is 66.8 Å². The van der Waals surface area contributed by atoms with Crippen LogP contribution in [0.1, 0.15) is 19.3 Å². The van der Waals surface area contributed by atoms with Crippen molar-refractivity contribution < 1.29 is 19.4 Å². The van der Waals surface area contributed by atoms with E-state index in [1.807, 2.05) is 30.3 Å². The van der Waals surface area contributed by atoms with Gasteiger partial charge in [-0.3, -0.25) is 9.59 Å². The Morgan fingerprint density at radius 3 is 2.57 bits per heavy atom. The number of carboxylic acid groups (broad SMARTS) is 1. The van der Waals surface area contributed by atoms with Crippen LogP contribution in [0.15, 0.2) is 30.3 Å². The summed E-state index contributed by atoms with van der Waals surface area (Å²) in [6.07, 6.45) is 2.07. The SMILES string of the molecule is CN(CCOc1ccccc1)C(=O)[C@@H]1CCC[C@@H]1C(=O)O. The Morgan fingerprint density at radius 2 is 1.90 bits per heavy atom. The average Bonchev–Trinajstić information content (AvgIpc) is 2.97. The largest absolute Gasteiger partial charge is 0.492 e. The highest BCUT2D eigenvalue weighted by Crippen LogP contribution is 2.33. The smallest absolute Gasteiger partial charge is 0.307 e. The van der Waals surface area contributed by atoms with Gasteiger partial charge in [0.1, 0.15) is 12.4 Å². The minimum Gasteiger partial charge on any atom is -0.492 e. The van der Waals surface area contributed by atoms with E-state index < -0.39 is 11.9 Å². The van der Waals surface area contributed by atoms with E-state index in [0.717, 1.165) is 12.2 Å². The first-order chi connectivity index (χ1) is 10.1. The average molecular weight is 291 g/mol. The highest BCUT2D eigenvalue weighted by Gasteiger charge is 2.38. The van der Waals surface area contributed by atoms with Crippen molar-refractivity contribution in [3.8, 4) is 5.75 Å². The van der Waals surface area contributed by atoms with Crippen molar-refractivity contribution in [2.45, 2.75) is 19.3 Å². The van der Waals surface area contributed by atoms with Gasteiger partial charge in [-0.05, 0) is 25.0 Å². The fourth-order valence-corrected chi connectivity index (χ4v) is 2.76. The van der Waals surface area contributed by atoms with Gasteiger partial charge in [0.15, 0.2) is 0 Å². The molecular formula is C16H21NO4. The van der Waals surface area contributed by atoms with Crippen molar-refractivity contribution in [2.24, 2.45) is 11.8 Å². The van der Waals surface area contributed by atoms with Gasteiger partial charge >= 0.3 is 5.97 Å². The van der Waals surface area contributed by atoms with Crippen LogP contribution in [0.3, 0.4) is 0 Å². The number of benzene rings is 1. The van der Waals surface area contributed by atoms with E-state index in [1.54, 1.807) is 11.9 Å². The van der Waals surface area contributed by atoms with Gasteiger partial charge in [0, 0.05) is 7.05 Å². The van der Waals surface area contributed by atoms with Crippen LogP contribution in [-0.2, 0) is 9.59 Å². The molecule has 1 aromatic carbocycles. The predicted molar refractivity (Wildman–Crippen MR) is 78.0 cm³/mol. The Bertz CT molecular complexity index is 488. The molecule has 5 heteroatoms.